The third-order valence-corrected chi connectivity index (χ3v) is 4.58. The summed E-state index contributed by atoms with van der Waals surface area (Å²) in [4.78, 5) is 33.1. The third-order valence-electron chi connectivity index (χ3n) is 4.58. The zero-order chi connectivity index (χ0) is 19.0. The monoisotopic (exact) mass is 365 g/mol. The van der Waals surface area contributed by atoms with Crippen molar-refractivity contribution in [1.82, 2.24) is 9.97 Å². The molecule has 2 heterocycles. The Morgan fingerprint density at radius 1 is 1.22 bits per heavy atom. The van der Waals surface area contributed by atoms with Crippen LogP contribution in [0.5, 0.6) is 11.5 Å². The number of benzene rings is 1. The molecule has 1 aliphatic heterocycles. The molecule has 2 aromatic rings. The van der Waals surface area contributed by atoms with E-state index in [2.05, 4.69) is 15.3 Å². The predicted molar refractivity (Wildman–Crippen MR) is 98.8 cm³/mol. The maximum absolute atomic E-state index is 12.2. The number of carbonyl (C=O) groups is 2. The molecule has 1 atom stereocenters. The van der Waals surface area contributed by atoms with Gasteiger partial charge in [0.1, 0.15) is 0 Å². The molecule has 7 nitrogen and oxygen atoms in total. The fraction of sp³-hybridized carbons (Fsp3) is 0.300. The number of aromatic nitrogens is 2. The molecule has 0 fully saturated rings. The Bertz CT molecular complexity index is 968. The minimum Gasteiger partial charge on any atom is -0.454 e. The third kappa shape index (κ3) is 3.53. The van der Waals surface area contributed by atoms with Crippen molar-refractivity contribution in [3.63, 3.8) is 0 Å². The van der Waals surface area contributed by atoms with Crippen molar-refractivity contribution < 1.29 is 19.1 Å². The van der Waals surface area contributed by atoms with E-state index in [1.807, 2.05) is 13.0 Å². The second-order valence-electron chi connectivity index (χ2n) is 6.83. The quantitative estimate of drug-likeness (QED) is 0.841. The van der Waals surface area contributed by atoms with Gasteiger partial charge in [-0.1, -0.05) is 13.0 Å². The number of hydrogen-bond donors (Lipinski definition) is 1. The van der Waals surface area contributed by atoms with Crippen LogP contribution in [0.3, 0.4) is 0 Å². The summed E-state index contributed by atoms with van der Waals surface area (Å²) in [7, 11) is 0. The van der Waals surface area contributed by atoms with Crippen LogP contribution < -0.4 is 14.8 Å². The topological polar surface area (TPSA) is 90.4 Å². The molecule has 0 saturated carbocycles. The molecule has 0 saturated heterocycles. The number of aryl methyl sites for hydroxylation is 1. The van der Waals surface area contributed by atoms with E-state index in [-0.39, 0.29) is 30.3 Å². The highest BCUT2D eigenvalue weighted by Gasteiger charge is 2.26. The van der Waals surface area contributed by atoms with Gasteiger partial charge in [0.05, 0.1) is 17.0 Å². The maximum atomic E-state index is 12.2. The van der Waals surface area contributed by atoms with Crippen molar-refractivity contribution in [3.8, 4) is 11.5 Å². The molecule has 1 aromatic carbocycles. The van der Waals surface area contributed by atoms with Gasteiger partial charge in [0.2, 0.25) is 12.7 Å². The zero-order valence-electron chi connectivity index (χ0n) is 15.1. The molecule has 0 spiro atoms. The molecule has 0 radical (unpaired) electrons. The molecule has 1 aliphatic carbocycles. The molecule has 0 bridgehead atoms. The Morgan fingerprint density at radius 2 is 2.04 bits per heavy atom. The number of hydrogen-bond acceptors (Lipinski definition) is 6. The van der Waals surface area contributed by atoms with Gasteiger partial charge in [0.25, 0.3) is 5.91 Å². The molecule has 27 heavy (non-hydrogen) atoms. The molecular formula is C20H19N3O4. The van der Waals surface area contributed by atoms with Crippen molar-refractivity contribution in [2.45, 2.75) is 26.7 Å². The van der Waals surface area contributed by atoms with E-state index in [1.165, 1.54) is 6.08 Å². The first-order valence-corrected chi connectivity index (χ1v) is 8.79. The van der Waals surface area contributed by atoms with Crippen molar-refractivity contribution >= 4 is 23.7 Å². The van der Waals surface area contributed by atoms with Gasteiger partial charge in [-0.3, -0.25) is 14.9 Å². The summed E-state index contributed by atoms with van der Waals surface area (Å²) in [5.41, 5.74) is 2.73. The van der Waals surface area contributed by atoms with Gasteiger partial charge in [-0.15, -0.1) is 0 Å². The van der Waals surface area contributed by atoms with Crippen LogP contribution in [0.2, 0.25) is 0 Å². The van der Waals surface area contributed by atoms with Crippen LogP contribution in [0.4, 0.5) is 5.95 Å². The minimum absolute atomic E-state index is 0.0711. The van der Waals surface area contributed by atoms with E-state index in [1.54, 1.807) is 25.1 Å². The van der Waals surface area contributed by atoms with E-state index in [9.17, 15) is 9.59 Å². The van der Waals surface area contributed by atoms with E-state index < -0.39 is 0 Å². The number of nitrogens with zero attached hydrogens (tertiary/aromatic N) is 2. The molecule has 7 heteroatoms. The highest BCUT2D eigenvalue weighted by atomic mass is 16.7. The Labute approximate surface area is 156 Å². The number of amides is 1. The van der Waals surface area contributed by atoms with E-state index in [4.69, 9.17) is 9.47 Å². The van der Waals surface area contributed by atoms with Crippen LogP contribution in [0.25, 0.3) is 6.08 Å². The second-order valence-corrected chi connectivity index (χ2v) is 6.83. The number of fused-ring (bicyclic) bond motifs is 2. The normalized spacial score (nSPS) is 17.9. The van der Waals surface area contributed by atoms with Crippen LogP contribution in [0, 0.1) is 12.8 Å². The van der Waals surface area contributed by atoms with Gasteiger partial charge in [-0.05, 0) is 43.0 Å². The first-order valence-electron chi connectivity index (χ1n) is 8.79. The molecular weight excluding hydrogens is 346 g/mol. The molecule has 138 valence electrons. The minimum atomic E-state index is -0.345. The van der Waals surface area contributed by atoms with Crippen molar-refractivity contribution in [1.29, 1.82) is 0 Å². The number of nitrogens with one attached hydrogen (secondary N) is 1. The predicted octanol–water partition coefficient (Wildman–Crippen LogP) is 2.93. The van der Waals surface area contributed by atoms with Crippen LogP contribution >= 0.6 is 0 Å². The Hall–Kier alpha value is -3.22. The fourth-order valence-corrected chi connectivity index (χ4v) is 3.36. The van der Waals surface area contributed by atoms with Gasteiger partial charge in [0, 0.05) is 12.5 Å². The molecule has 4 rings (SSSR count). The Kier molecular flexibility index (Phi) is 4.35. The summed E-state index contributed by atoms with van der Waals surface area (Å²) in [5, 5.41) is 2.67. The summed E-state index contributed by atoms with van der Waals surface area (Å²) in [6.45, 7) is 4.00. The molecule has 1 aromatic heterocycles. The van der Waals surface area contributed by atoms with Gasteiger partial charge in [-0.2, -0.15) is 0 Å². The number of rotatable bonds is 3. The first-order chi connectivity index (χ1) is 13.0. The second kappa shape index (κ2) is 6.83. The lowest BCUT2D eigenvalue weighted by Crippen LogP contribution is -2.23. The smallest absolute Gasteiger partial charge is 0.250 e. The number of ether oxygens (including phenoxy) is 2. The van der Waals surface area contributed by atoms with Gasteiger partial charge >= 0.3 is 0 Å². The van der Waals surface area contributed by atoms with Crippen LogP contribution in [-0.2, 0) is 11.2 Å². The van der Waals surface area contributed by atoms with Crippen LogP contribution in [-0.4, -0.2) is 28.5 Å². The molecule has 1 N–H and O–H groups in total. The Balaban J connectivity index is 1.49. The number of anilines is 1. The van der Waals surface area contributed by atoms with Crippen LogP contribution in [0.1, 0.15) is 40.7 Å². The largest absolute Gasteiger partial charge is 0.454 e. The van der Waals surface area contributed by atoms with Crippen molar-refractivity contribution in [2.75, 3.05) is 12.1 Å². The van der Waals surface area contributed by atoms with Gasteiger partial charge < -0.3 is 9.47 Å². The van der Waals surface area contributed by atoms with Crippen molar-refractivity contribution in [2.24, 2.45) is 5.92 Å². The zero-order valence-corrected chi connectivity index (χ0v) is 15.1. The van der Waals surface area contributed by atoms with Gasteiger partial charge in [0.15, 0.2) is 17.3 Å². The lowest BCUT2D eigenvalue weighted by Gasteiger charge is -2.21. The molecule has 2 aliphatic rings. The molecule has 1 unspecified atom stereocenters. The highest BCUT2D eigenvalue weighted by Crippen LogP contribution is 2.32. The summed E-state index contributed by atoms with van der Waals surface area (Å²) < 4.78 is 10.6. The molecule has 1 amide bonds. The maximum Gasteiger partial charge on any atom is 0.250 e. The number of ketones is 1. The summed E-state index contributed by atoms with van der Waals surface area (Å²) in [6, 6.07) is 5.44. The number of Topliss-reactive ketones (excluding diaryl/α,β-unsaturated/α-hetero) is 1. The standard InChI is InChI=1S/C20H19N3O4/c1-11-7-14-19(15(24)8-11)12(2)21-20(22-14)23-18(25)6-4-13-3-5-16-17(9-13)27-10-26-16/h3-6,9,11H,7-8,10H2,1-2H3,(H,21,22,23,25)/b6-4+. The lowest BCUT2D eigenvalue weighted by molar-refractivity contribution is -0.111. The lowest BCUT2D eigenvalue weighted by atomic mass is 9.86. The number of carbonyl (C=O) groups excluding carboxylic acids is 2. The Morgan fingerprint density at radius 3 is 2.89 bits per heavy atom. The van der Waals surface area contributed by atoms with Crippen LogP contribution in [0.15, 0.2) is 24.3 Å². The summed E-state index contributed by atoms with van der Waals surface area (Å²) in [5.74, 6) is 1.54. The van der Waals surface area contributed by atoms with Crippen molar-refractivity contribution in [3.05, 3.63) is 46.8 Å². The van der Waals surface area contributed by atoms with E-state index in [0.29, 0.717) is 41.3 Å². The van der Waals surface area contributed by atoms with E-state index >= 15 is 0 Å². The summed E-state index contributed by atoms with van der Waals surface area (Å²) in [6.07, 6.45) is 4.30. The average molecular weight is 365 g/mol. The van der Waals surface area contributed by atoms with Gasteiger partial charge in [-0.25, -0.2) is 9.97 Å². The summed E-state index contributed by atoms with van der Waals surface area (Å²) >= 11 is 0. The highest BCUT2D eigenvalue weighted by molar-refractivity contribution is 6.02. The first kappa shape index (κ1) is 17.2. The fourth-order valence-electron chi connectivity index (χ4n) is 3.36. The van der Waals surface area contributed by atoms with E-state index in [0.717, 1.165) is 5.56 Å². The average Bonchev–Trinajstić information content (AvgIpc) is 3.06. The SMILES string of the molecule is Cc1nc(NC(=O)/C=C/c2ccc3c(c2)OCO3)nc2c1C(=O)CC(C)C2.